The van der Waals surface area contributed by atoms with Crippen molar-refractivity contribution in [3.8, 4) is 22.3 Å². The van der Waals surface area contributed by atoms with E-state index in [4.69, 9.17) is 0 Å². The van der Waals surface area contributed by atoms with Gasteiger partial charge in [0.05, 0.1) is 33.2 Å². The maximum Gasteiger partial charge on any atom is 0.550 e. The van der Waals surface area contributed by atoms with Crippen LogP contribution in [0.15, 0.2) is 72.8 Å². The van der Waals surface area contributed by atoms with Crippen molar-refractivity contribution < 1.29 is 86.9 Å². The Labute approximate surface area is 405 Å². The van der Waals surface area contributed by atoms with Gasteiger partial charge in [-0.15, -0.1) is 0 Å². The second kappa shape index (κ2) is 22.6. The number of benzene rings is 6. The molecule has 0 atom stereocenters. The van der Waals surface area contributed by atoms with Crippen molar-refractivity contribution in [2.45, 2.75) is 78.0 Å². The summed E-state index contributed by atoms with van der Waals surface area (Å²) in [5.41, 5.74) is -0.594. The molecular formula is C48H42BF15MoN2P2+2. The summed E-state index contributed by atoms with van der Waals surface area (Å²) in [7, 11) is -1.25. The van der Waals surface area contributed by atoms with Crippen LogP contribution in [0.4, 0.5) is 65.9 Å². The van der Waals surface area contributed by atoms with Gasteiger partial charge in [-0.05, 0) is 95.0 Å². The summed E-state index contributed by atoms with van der Waals surface area (Å²) in [5.74, 6) is -47.8. The summed E-state index contributed by atoms with van der Waals surface area (Å²) < 4.78 is 212. The number of halogens is 15. The molecule has 0 aliphatic carbocycles. The first-order valence-corrected chi connectivity index (χ1v) is 24.2. The SMILES string of the molecule is CC(C)[PH+](c1ccccc1-c1ccc(-c2ccccc2[PH+](C(C)C)C(C)C)cc1)C(C)C.N#[N+][B-](c1c(F)c(F)c(F)c(F)c1F)(c1c(F)c(F)c(F)c(F)c1F)c1c(F)c(F)c(F)c(F)c1F.[Mo]. The van der Waals surface area contributed by atoms with Gasteiger partial charge in [0.15, 0.2) is 52.4 Å². The Kier molecular flexibility index (Phi) is 18.6. The van der Waals surface area contributed by atoms with E-state index in [2.05, 4.69) is 128 Å². The number of nitrogens with zero attached hydrogens (tertiary/aromatic N) is 2. The van der Waals surface area contributed by atoms with E-state index in [1.807, 2.05) is 0 Å². The molecule has 0 spiro atoms. The van der Waals surface area contributed by atoms with E-state index in [9.17, 15) is 71.2 Å². The van der Waals surface area contributed by atoms with Crippen LogP contribution in [0, 0.1) is 92.7 Å². The van der Waals surface area contributed by atoms with Crippen molar-refractivity contribution in [2.75, 3.05) is 0 Å². The van der Waals surface area contributed by atoms with Crippen LogP contribution in [0.1, 0.15) is 55.4 Å². The quantitative estimate of drug-likeness (QED) is 0.0317. The molecule has 0 N–H and O–H groups in total. The van der Waals surface area contributed by atoms with Crippen LogP contribution >= 0.6 is 15.8 Å². The van der Waals surface area contributed by atoms with E-state index in [1.54, 1.807) is 15.5 Å². The molecule has 69 heavy (non-hydrogen) atoms. The van der Waals surface area contributed by atoms with Crippen LogP contribution < -0.4 is 27.0 Å². The van der Waals surface area contributed by atoms with Gasteiger partial charge in [0.25, 0.3) is 0 Å². The summed E-state index contributed by atoms with van der Waals surface area (Å²) in [4.78, 5) is 1.79. The molecule has 0 aromatic heterocycles. The maximum atomic E-state index is 14.7. The van der Waals surface area contributed by atoms with E-state index < -0.39 is 126 Å². The first kappa shape index (κ1) is 56.9. The predicted molar refractivity (Wildman–Crippen MR) is 242 cm³/mol. The van der Waals surface area contributed by atoms with Gasteiger partial charge in [-0.25, -0.2) is 65.9 Å². The minimum absolute atomic E-state index is 0. The van der Waals surface area contributed by atoms with Crippen molar-refractivity contribution in [2.24, 2.45) is 0 Å². The minimum atomic E-state index is -6.22. The zero-order chi connectivity index (χ0) is 51.0. The molecule has 0 aliphatic heterocycles. The summed E-state index contributed by atoms with van der Waals surface area (Å²) in [6.45, 7) is 19.2. The largest absolute Gasteiger partial charge is 0.550 e. The first-order chi connectivity index (χ1) is 31.8. The maximum absolute atomic E-state index is 14.7. The van der Waals surface area contributed by atoms with Gasteiger partial charge in [-0.3, -0.25) is 0 Å². The van der Waals surface area contributed by atoms with Crippen LogP contribution in [0.5, 0.6) is 0 Å². The molecule has 0 saturated heterocycles. The molecule has 2 nitrogen and oxygen atoms in total. The molecule has 0 aliphatic rings. The Morgan fingerprint density at radius 2 is 0.551 bits per heavy atom. The molecule has 6 aromatic rings. The van der Waals surface area contributed by atoms with Crippen molar-refractivity contribution in [3.63, 3.8) is 0 Å². The van der Waals surface area contributed by atoms with Crippen LogP contribution in [0.3, 0.4) is 0 Å². The van der Waals surface area contributed by atoms with Crippen LogP contribution in [-0.2, 0) is 21.1 Å². The van der Waals surface area contributed by atoms with Gasteiger partial charge in [-0.1, -0.05) is 60.7 Å². The van der Waals surface area contributed by atoms with Crippen molar-refractivity contribution in [1.29, 1.82) is 5.39 Å². The van der Waals surface area contributed by atoms with Gasteiger partial charge in [0.2, 0.25) is 0 Å². The molecule has 0 bridgehead atoms. The van der Waals surface area contributed by atoms with Crippen LogP contribution in [0.25, 0.3) is 27.1 Å². The molecule has 6 aromatic carbocycles. The Morgan fingerprint density at radius 1 is 0.348 bits per heavy atom. The Hall–Kier alpha value is -4.70. The molecule has 0 radical (unpaired) electrons. The third-order valence-electron chi connectivity index (χ3n) is 11.6. The zero-order valence-corrected chi connectivity index (χ0v) is 41.8. The van der Waals surface area contributed by atoms with E-state index >= 15 is 0 Å². The number of hydrogen-bond acceptors (Lipinski definition) is 1. The molecule has 21 heteroatoms. The van der Waals surface area contributed by atoms with E-state index in [-0.39, 0.29) is 21.1 Å². The molecule has 0 unspecified atom stereocenters. The smallest absolute Gasteiger partial charge is 0.207 e. The van der Waals surface area contributed by atoms with Gasteiger partial charge >= 0.3 is 6.28 Å². The fourth-order valence-corrected chi connectivity index (χ4v) is 15.8. The molecule has 6 rings (SSSR count). The average molecular weight is 1100 g/mol. The van der Waals surface area contributed by atoms with Gasteiger partial charge in [-0.2, -0.15) is 4.89 Å². The average Bonchev–Trinajstić information content (AvgIpc) is 3.30. The summed E-state index contributed by atoms with van der Waals surface area (Å²) in [5, 5.41) is 12.6. The third kappa shape index (κ3) is 10.3. The Morgan fingerprint density at radius 3 is 0.754 bits per heavy atom. The first-order valence-electron chi connectivity index (χ1n) is 20.9. The normalized spacial score (nSPS) is 11.8. The Balaban J connectivity index is 0.000000298. The second-order valence-electron chi connectivity index (χ2n) is 17.1. The summed E-state index contributed by atoms with van der Waals surface area (Å²) in [6, 6.07) is 27.7. The standard InChI is InChI=1S/C30H40P2.C18BF15N2.Mo/c1-21(2)31(22(3)4)29-15-11-9-13-27(29)25-17-19-26(20-18-25)28-14-10-12-16-30(28)32(23(5)6)24(7)8;20-4-1(5(21)11(27)16(32)10(4)26)19(36-35,2-6(22)12(28)17(33)13(29)7(2)23)3-8(24)14(30)18(34)15(31)9(3)25;/h9-24H,1-8H3;;/p+2. The molecule has 0 fully saturated rings. The van der Waals surface area contributed by atoms with Crippen molar-refractivity contribution >= 4 is 49.1 Å². The van der Waals surface area contributed by atoms with Crippen molar-refractivity contribution in [3.05, 3.63) is 165 Å². The van der Waals surface area contributed by atoms with E-state index in [0.29, 0.717) is 0 Å². The molecule has 0 heterocycles. The number of hydrogen-bond donors (Lipinski definition) is 0. The van der Waals surface area contributed by atoms with Crippen LogP contribution in [0.2, 0.25) is 0 Å². The van der Waals surface area contributed by atoms with E-state index in [1.165, 1.54) is 22.3 Å². The predicted octanol–water partition coefficient (Wildman–Crippen LogP) is 12.9. The fourth-order valence-electron chi connectivity index (χ4n) is 8.95. The third-order valence-corrected chi connectivity index (χ3v) is 18.7. The van der Waals surface area contributed by atoms with Gasteiger partial charge in [0.1, 0.15) is 40.3 Å². The van der Waals surface area contributed by atoms with E-state index in [0.717, 1.165) is 22.6 Å². The fraction of sp³-hybridized carbons (Fsp3) is 0.250. The van der Waals surface area contributed by atoms with Gasteiger partial charge in [0, 0.05) is 48.0 Å². The van der Waals surface area contributed by atoms with Crippen molar-refractivity contribution in [1.82, 2.24) is 0 Å². The van der Waals surface area contributed by atoms with Crippen LogP contribution in [-0.4, -0.2) is 28.9 Å². The topological polar surface area (TPSA) is 28.1 Å². The zero-order valence-electron chi connectivity index (χ0n) is 37.8. The second-order valence-corrected chi connectivity index (χ2v) is 24.6. The number of rotatable bonds is 11. The minimum Gasteiger partial charge on any atom is -0.207 e. The van der Waals surface area contributed by atoms with Gasteiger partial charge < -0.3 is 0 Å². The monoisotopic (exact) mass is 1100 g/mol. The molecule has 0 amide bonds. The summed E-state index contributed by atoms with van der Waals surface area (Å²) >= 11 is 0. The number of diazo groups is 1. The molecule has 0 saturated carbocycles. The summed E-state index contributed by atoms with van der Waals surface area (Å²) in [6.07, 6.45) is -6.22. The Bertz CT molecular complexity index is 2580. The molecular weight excluding hydrogens is 1060 g/mol. The molecule has 366 valence electrons.